The van der Waals surface area contributed by atoms with Gasteiger partial charge in [0.1, 0.15) is 18.2 Å². The Balaban J connectivity index is 2.73. The fourth-order valence-electron chi connectivity index (χ4n) is 0.897. The minimum Gasteiger partial charge on any atom is -0.497 e. The maximum Gasteiger partial charge on any atom is 0.695 e. The minimum atomic E-state index is -2.70. The van der Waals surface area contributed by atoms with Gasteiger partial charge in [-0.2, -0.15) is 0 Å². The summed E-state index contributed by atoms with van der Waals surface area (Å²) in [5.74, 6) is -0.138. The average Bonchev–Trinajstić information content (AvgIpc) is 2.15. The van der Waals surface area contributed by atoms with Gasteiger partial charge in [0, 0.05) is 16.2 Å². The molecular formula is C8H9FO4P+. The van der Waals surface area contributed by atoms with Crippen molar-refractivity contribution >= 4 is 8.25 Å². The number of rotatable bonds is 4. The van der Waals surface area contributed by atoms with Crippen molar-refractivity contribution in [2.75, 3.05) is 7.11 Å². The van der Waals surface area contributed by atoms with Crippen LogP contribution in [0.4, 0.5) is 4.39 Å². The van der Waals surface area contributed by atoms with E-state index in [1.165, 1.54) is 19.2 Å². The molecule has 1 N–H and O–H groups in total. The van der Waals surface area contributed by atoms with Crippen molar-refractivity contribution in [2.24, 2.45) is 0 Å². The topological polar surface area (TPSA) is 55.8 Å². The lowest BCUT2D eigenvalue weighted by atomic mass is 10.2. The van der Waals surface area contributed by atoms with Gasteiger partial charge < -0.3 is 4.74 Å². The molecule has 1 atom stereocenters. The first kappa shape index (κ1) is 11.0. The van der Waals surface area contributed by atoms with Crippen molar-refractivity contribution in [3.63, 3.8) is 0 Å². The van der Waals surface area contributed by atoms with E-state index in [2.05, 4.69) is 4.52 Å². The predicted molar refractivity (Wildman–Crippen MR) is 47.6 cm³/mol. The summed E-state index contributed by atoms with van der Waals surface area (Å²) in [7, 11) is -1.27. The highest BCUT2D eigenvalue weighted by molar-refractivity contribution is 7.32. The first-order chi connectivity index (χ1) is 6.63. The SMILES string of the molecule is COc1ccc(CO[P+](=O)O)c(F)c1. The van der Waals surface area contributed by atoms with Crippen LogP contribution >= 0.6 is 8.25 Å². The summed E-state index contributed by atoms with van der Waals surface area (Å²) in [4.78, 5) is 8.35. The van der Waals surface area contributed by atoms with E-state index in [1.807, 2.05) is 0 Å². The number of ether oxygens (including phenoxy) is 1. The lowest BCUT2D eigenvalue weighted by molar-refractivity contribution is 0.268. The highest BCUT2D eigenvalue weighted by Crippen LogP contribution is 2.21. The van der Waals surface area contributed by atoms with Gasteiger partial charge >= 0.3 is 8.25 Å². The molecule has 0 saturated carbocycles. The van der Waals surface area contributed by atoms with Gasteiger partial charge in [0.15, 0.2) is 0 Å². The smallest absolute Gasteiger partial charge is 0.497 e. The predicted octanol–water partition coefficient (Wildman–Crippen LogP) is 2.00. The van der Waals surface area contributed by atoms with Crippen LogP contribution in [0.3, 0.4) is 0 Å². The van der Waals surface area contributed by atoms with Gasteiger partial charge in [0.25, 0.3) is 0 Å². The van der Waals surface area contributed by atoms with Crippen LogP contribution in [-0.4, -0.2) is 12.0 Å². The molecule has 0 amide bonds. The molecule has 6 heteroatoms. The molecule has 0 fully saturated rings. The molecule has 76 valence electrons. The van der Waals surface area contributed by atoms with Gasteiger partial charge in [-0.25, -0.2) is 4.39 Å². The fraction of sp³-hybridized carbons (Fsp3) is 0.250. The molecule has 0 saturated heterocycles. The first-order valence-corrected chi connectivity index (χ1v) is 4.88. The van der Waals surface area contributed by atoms with E-state index >= 15 is 0 Å². The van der Waals surface area contributed by atoms with Gasteiger partial charge in [-0.1, -0.05) is 0 Å². The molecule has 0 radical (unpaired) electrons. The summed E-state index contributed by atoms with van der Waals surface area (Å²) in [5.41, 5.74) is 0.211. The molecule has 14 heavy (non-hydrogen) atoms. The second kappa shape index (κ2) is 5.00. The molecule has 4 nitrogen and oxygen atoms in total. The second-order valence-corrected chi connectivity index (χ2v) is 3.20. The van der Waals surface area contributed by atoms with Crippen molar-refractivity contribution in [3.8, 4) is 5.75 Å². The normalized spacial score (nSPS) is 11.2. The molecule has 0 heterocycles. The largest absolute Gasteiger partial charge is 0.695 e. The first-order valence-electron chi connectivity index (χ1n) is 3.75. The van der Waals surface area contributed by atoms with Crippen molar-refractivity contribution in [3.05, 3.63) is 29.6 Å². The maximum atomic E-state index is 13.2. The van der Waals surface area contributed by atoms with Gasteiger partial charge in [0.2, 0.25) is 0 Å². The molecule has 0 aliphatic heterocycles. The Morgan fingerprint density at radius 1 is 1.57 bits per heavy atom. The summed E-state index contributed by atoms with van der Waals surface area (Å²) in [6.45, 7) is -0.235. The number of hydrogen-bond acceptors (Lipinski definition) is 3. The van der Waals surface area contributed by atoms with E-state index in [0.717, 1.165) is 0 Å². The summed E-state index contributed by atoms with van der Waals surface area (Å²) < 4.78 is 32.5. The van der Waals surface area contributed by atoms with Crippen molar-refractivity contribution in [2.45, 2.75) is 6.61 Å². The lowest BCUT2D eigenvalue weighted by Gasteiger charge is -2.01. The second-order valence-electron chi connectivity index (χ2n) is 2.47. The molecule has 0 aromatic heterocycles. The molecule has 0 spiro atoms. The highest BCUT2D eigenvalue weighted by atomic mass is 31.1. The minimum absolute atomic E-state index is 0.211. The van der Waals surface area contributed by atoms with Crippen LogP contribution in [0.2, 0.25) is 0 Å². The standard InChI is InChI=1S/C8H8FO4P/c1-12-7-3-2-6(8(9)4-7)5-13-14(10)11/h2-4H,5H2,1H3/p+1. The van der Waals surface area contributed by atoms with E-state index in [0.29, 0.717) is 5.75 Å². The Hall–Kier alpha value is -1.03. The monoisotopic (exact) mass is 219 g/mol. The molecule has 0 bridgehead atoms. The zero-order chi connectivity index (χ0) is 10.6. The Kier molecular flexibility index (Phi) is 3.95. The lowest BCUT2D eigenvalue weighted by Crippen LogP contribution is -1.92. The van der Waals surface area contributed by atoms with Gasteiger partial charge in [0.05, 0.1) is 7.11 Å². The molecule has 0 aliphatic rings. The van der Waals surface area contributed by atoms with Crippen LogP contribution in [0.25, 0.3) is 0 Å². The third-order valence-corrected chi connectivity index (χ3v) is 1.94. The Bertz CT molecular complexity index is 342. The van der Waals surface area contributed by atoms with Crippen LogP contribution in [-0.2, 0) is 15.7 Å². The zero-order valence-corrected chi connectivity index (χ0v) is 8.33. The molecule has 1 rings (SSSR count). The van der Waals surface area contributed by atoms with Gasteiger partial charge in [-0.3, -0.25) is 0 Å². The van der Waals surface area contributed by atoms with Crippen LogP contribution in [0.5, 0.6) is 5.75 Å². The Morgan fingerprint density at radius 2 is 2.29 bits per heavy atom. The fourth-order valence-corrected chi connectivity index (χ4v) is 1.15. The molecule has 0 aliphatic carbocycles. The molecule has 1 aromatic rings. The Morgan fingerprint density at radius 3 is 2.79 bits per heavy atom. The quantitative estimate of drug-likeness (QED) is 0.787. The number of benzene rings is 1. The highest BCUT2D eigenvalue weighted by Gasteiger charge is 2.14. The summed E-state index contributed by atoms with van der Waals surface area (Å²) >= 11 is 0. The third kappa shape index (κ3) is 3.03. The average molecular weight is 219 g/mol. The van der Waals surface area contributed by atoms with E-state index in [-0.39, 0.29) is 12.2 Å². The van der Waals surface area contributed by atoms with Crippen molar-refractivity contribution in [1.82, 2.24) is 0 Å². The van der Waals surface area contributed by atoms with Crippen LogP contribution in [0, 0.1) is 5.82 Å². The Labute approximate surface area is 81.2 Å². The van der Waals surface area contributed by atoms with E-state index in [9.17, 15) is 8.96 Å². The van der Waals surface area contributed by atoms with Crippen molar-refractivity contribution in [1.29, 1.82) is 0 Å². The summed E-state index contributed by atoms with van der Waals surface area (Å²) in [5, 5.41) is 0. The van der Waals surface area contributed by atoms with Crippen molar-refractivity contribution < 1.29 is 23.1 Å². The zero-order valence-electron chi connectivity index (χ0n) is 7.44. The number of hydrogen-bond donors (Lipinski definition) is 1. The number of methoxy groups -OCH3 is 1. The van der Waals surface area contributed by atoms with E-state index in [4.69, 9.17) is 9.63 Å². The molecular weight excluding hydrogens is 210 g/mol. The molecule has 1 aromatic carbocycles. The molecule has 1 unspecified atom stereocenters. The summed E-state index contributed by atoms with van der Waals surface area (Å²) in [6.07, 6.45) is 0. The van der Waals surface area contributed by atoms with E-state index < -0.39 is 14.1 Å². The summed E-state index contributed by atoms with van der Waals surface area (Å²) in [6, 6.07) is 4.17. The van der Waals surface area contributed by atoms with Gasteiger partial charge in [-0.05, 0) is 12.1 Å². The number of halogens is 1. The van der Waals surface area contributed by atoms with E-state index in [1.54, 1.807) is 6.07 Å². The van der Waals surface area contributed by atoms with Crippen LogP contribution < -0.4 is 4.74 Å². The maximum absolute atomic E-state index is 13.2. The van der Waals surface area contributed by atoms with Gasteiger partial charge in [-0.15, -0.1) is 9.42 Å². The van der Waals surface area contributed by atoms with Crippen LogP contribution in [0.15, 0.2) is 18.2 Å². The third-order valence-electron chi connectivity index (χ3n) is 1.59. The van der Waals surface area contributed by atoms with Crippen LogP contribution in [0.1, 0.15) is 5.56 Å².